The molecule has 0 unspecified atom stereocenters. The molecule has 0 aliphatic heterocycles. The summed E-state index contributed by atoms with van der Waals surface area (Å²) in [6, 6.07) is 27.2. The quantitative estimate of drug-likeness (QED) is 0.0592. The van der Waals surface area contributed by atoms with E-state index in [1.54, 1.807) is 42.5 Å². The summed E-state index contributed by atoms with van der Waals surface area (Å²) in [6.07, 6.45) is 1.50. The van der Waals surface area contributed by atoms with Crippen LogP contribution in [0.2, 0.25) is 5.02 Å². The zero-order valence-electron chi connectivity index (χ0n) is 21.3. The topological polar surface area (TPSA) is 92.8 Å². The van der Waals surface area contributed by atoms with Gasteiger partial charge in [-0.3, -0.25) is 4.79 Å². The number of hydrogen-bond acceptors (Lipinski definition) is 5. The van der Waals surface area contributed by atoms with Crippen LogP contribution in [0.1, 0.15) is 33.3 Å². The van der Waals surface area contributed by atoms with E-state index in [-0.39, 0.29) is 11.7 Å². The average molecular weight is 664 g/mol. The van der Waals surface area contributed by atoms with Crippen LogP contribution in [0.3, 0.4) is 0 Å². The Hall–Kier alpha value is -4.15. The SMILES string of the molecule is CCOc1cc(C=NNC(=O)c2[nH]c3ccc(I)cc3c2-c2ccccc2)ccc1OC(=O)c1ccc(Cl)cc1. The summed E-state index contributed by atoms with van der Waals surface area (Å²) in [4.78, 5) is 29.0. The maximum Gasteiger partial charge on any atom is 0.343 e. The van der Waals surface area contributed by atoms with E-state index in [1.807, 2.05) is 55.5 Å². The number of nitrogens with zero attached hydrogens (tertiary/aromatic N) is 1. The van der Waals surface area contributed by atoms with Crippen LogP contribution in [-0.4, -0.2) is 29.7 Å². The highest BCUT2D eigenvalue weighted by Crippen LogP contribution is 2.33. The van der Waals surface area contributed by atoms with Gasteiger partial charge in [0.1, 0.15) is 5.69 Å². The maximum atomic E-state index is 13.2. The van der Waals surface area contributed by atoms with Crippen LogP contribution in [0, 0.1) is 3.57 Å². The van der Waals surface area contributed by atoms with Gasteiger partial charge in [-0.25, -0.2) is 10.2 Å². The van der Waals surface area contributed by atoms with E-state index < -0.39 is 5.97 Å². The Morgan fingerprint density at radius 1 is 0.975 bits per heavy atom. The van der Waals surface area contributed by atoms with E-state index in [0.717, 1.165) is 25.6 Å². The molecule has 9 heteroatoms. The average Bonchev–Trinajstić information content (AvgIpc) is 3.34. The zero-order valence-corrected chi connectivity index (χ0v) is 24.2. The number of benzene rings is 4. The number of nitrogens with one attached hydrogen (secondary N) is 2. The van der Waals surface area contributed by atoms with Crippen molar-refractivity contribution in [1.82, 2.24) is 10.4 Å². The third kappa shape index (κ3) is 6.19. The molecule has 0 aliphatic carbocycles. The van der Waals surface area contributed by atoms with Crippen LogP contribution in [0.25, 0.3) is 22.0 Å². The summed E-state index contributed by atoms with van der Waals surface area (Å²) in [7, 11) is 0. The smallest absolute Gasteiger partial charge is 0.343 e. The third-order valence-corrected chi connectivity index (χ3v) is 6.90. The van der Waals surface area contributed by atoms with Crippen LogP contribution in [-0.2, 0) is 0 Å². The van der Waals surface area contributed by atoms with Crippen LogP contribution in [0.15, 0.2) is 96.1 Å². The molecule has 1 heterocycles. The van der Waals surface area contributed by atoms with Crippen LogP contribution in [0.5, 0.6) is 11.5 Å². The Morgan fingerprint density at radius 3 is 2.50 bits per heavy atom. The molecule has 40 heavy (non-hydrogen) atoms. The lowest BCUT2D eigenvalue weighted by Crippen LogP contribution is -2.18. The number of esters is 1. The molecule has 7 nitrogen and oxygen atoms in total. The molecule has 1 amide bonds. The molecule has 0 fully saturated rings. The second-order valence-electron chi connectivity index (χ2n) is 8.67. The van der Waals surface area contributed by atoms with Crippen molar-refractivity contribution < 1.29 is 19.1 Å². The second-order valence-corrected chi connectivity index (χ2v) is 10.3. The summed E-state index contributed by atoms with van der Waals surface area (Å²) in [6.45, 7) is 2.20. The molecule has 5 rings (SSSR count). The zero-order chi connectivity index (χ0) is 28.1. The number of hydrazone groups is 1. The number of halogens is 2. The number of carbonyl (C=O) groups excluding carboxylic acids is 2. The number of fused-ring (bicyclic) bond motifs is 1. The van der Waals surface area contributed by atoms with Crippen molar-refractivity contribution in [3.63, 3.8) is 0 Å². The fraction of sp³-hybridized carbons (Fsp3) is 0.0645. The van der Waals surface area contributed by atoms with Crippen molar-refractivity contribution in [1.29, 1.82) is 0 Å². The van der Waals surface area contributed by atoms with E-state index >= 15 is 0 Å². The minimum absolute atomic E-state index is 0.267. The lowest BCUT2D eigenvalue weighted by atomic mass is 10.0. The third-order valence-electron chi connectivity index (χ3n) is 5.98. The van der Waals surface area contributed by atoms with Crippen molar-refractivity contribution >= 4 is 63.2 Å². The molecule has 0 aliphatic rings. The minimum atomic E-state index is -0.534. The monoisotopic (exact) mass is 663 g/mol. The fourth-order valence-electron chi connectivity index (χ4n) is 4.16. The Morgan fingerprint density at radius 2 is 1.75 bits per heavy atom. The molecule has 0 radical (unpaired) electrons. The number of rotatable bonds is 8. The number of hydrogen-bond donors (Lipinski definition) is 2. The van der Waals surface area contributed by atoms with Gasteiger partial charge in [-0.1, -0.05) is 41.9 Å². The van der Waals surface area contributed by atoms with Crippen molar-refractivity contribution in [3.05, 3.63) is 116 Å². The van der Waals surface area contributed by atoms with E-state index in [9.17, 15) is 9.59 Å². The molecule has 4 aromatic carbocycles. The van der Waals surface area contributed by atoms with Crippen LogP contribution >= 0.6 is 34.2 Å². The Labute approximate surface area is 249 Å². The Balaban J connectivity index is 1.35. The molecule has 5 aromatic rings. The van der Waals surface area contributed by atoms with Gasteiger partial charge >= 0.3 is 5.97 Å². The first-order valence-electron chi connectivity index (χ1n) is 12.4. The predicted octanol–water partition coefficient (Wildman–Crippen LogP) is 7.47. The first-order valence-corrected chi connectivity index (χ1v) is 13.8. The van der Waals surface area contributed by atoms with Crippen molar-refractivity contribution in [2.24, 2.45) is 5.10 Å². The Kier molecular flexibility index (Phi) is 8.47. The van der Waals surface area contributed by atoms with E-state index in [0.29, 0.717) is 34.2 Å². The molecular formula is C31H23ClIN3O4. The van der Waals surface area contributed by atoms with Gasteiger partial charge in [-0.2, -0.15) is 5.10 Å². The lowest BCUT2D eigenvalue weighted by Gasteiger charge is -2.11. The van der Waals surface area contributed by atoms with Gasteiger partial charge in [0.05, 0.1) is 18.4 Å². The number of H-pyrrole nitrogens is 1. The van der Waals surface area contributed by atoms with Gasteiger partial charge in [-0.05, 0) is 101 Å². The molecule has 2 N–H and O–H groups in total. The van der Waals surface area contributed by atoms with Crippen LogP contribution < -0.4 is 14.9 Å². The predicted molar refractivity (Wildman–Crippen MR) is 166 cm³/mol. The maximum absolute atomic E-state index is 13.2. The fourth-order valence-corrected chi connectivity index (χ4v) is 4.78. The van der Waals surface area contributed by atoms with Gasteiger partial charge in [0.15, 0.2) is 11.5 Å². The molecule has 200 valence electrons. The van der Waals surface area contributed by atoms with Gasteiger partial charge in [-0.15, -0.1) is 0 Å². The molecule has 0 spiro atoms. The summed E-state index contributed by atoms with van der Waals surface area (Å²) >= 11 is 8.16. The van der Waals surface area contributed by atoms with Gasteiger partial charge in [0.2, 0.25) is 0 Å². The molecule has 0 saturated heterocycles. The van der Waals surface area contributed by atoms with Crippen molar-refractivity contribution in [2.45, 2.75) is 6.92 Å². The highest BCUT2D eigenvalue weighted by atomic mass is 127. The van der Waals surface area contributed by atoms with Crippen molar-refractivity contribution in [3.8, 4) is 22.6 Å². The van der Waals surface area contributed by atoms with Gasteiger partial charge in [0.25, 0.3) is 5.91 Å². The van der Waals surface area contributed by atoms with E-state index in [2.05, 4.69) is 38.1 Å². The number of ether oxygens (including phenoxy) is 2. The summed E-state index contributed by atoms with van der Waals surface area (Å²) in [5.41, 5.74) is 6.64. The summed E-state index contributed by atoms with van der Waals surface area (Å²) < 4.78 is 12.3. The number of aromatic nitrogens is 1. The highest BCUT2D eigenvalue weighted by molar-refractivity contribution is 14.1. The lowest BCUT2D eigenvalue weighted by molar-refractivity contribution is 0.0728. The molecule has 0 bridgehead atoms. The molecular weight excluding hydrogens is 641 g/mol. The van der Waals surface area contributed by atoms with Crippen molar-refractivity contribution in [2.75, 3.05) is 6.61 Å². The summed E-state index contributed by atoms with van der Waals surface area (Å²) in [5, 5.41) is 5.65. The number of carbonyl (C=O) groups is 2. The summed E-state index contributed by atoms with van der Waals surface area (Å²) in [5.74, 6) is -0.270. The Bertz CT molecular complexity index is 1720. The van der Waals surface area contributed by atoms with Gasteiger partial charge in [0, 0.05) is 25.1 Å². The molecule has 1 aromatic heterocycles. The van der Waals surface area contributed by atoms with E-state index in [1.165, 1.54) is 6.21 Å². The first-order chi connectivity index (χ1) is 19.4. The van der Waals surface area contributed by atoms with E-state index in [4.69, 9.17) is 21.1 Å². The number of amides is 1. The second kappa shape index (κ2) is 12.4. The van der Waals surface area contributed by atoms with Crippen LogP contribution in [0.4, 0.5) is 0 Å². The molecule has 0 atom stereocenters. The molecule has 0 saturated carbocycles. The normalized spacial score (nSPS) is 11.1. The standard InChI is InChI=1S/C31H23ClIN3O4/c1-2-39-27-16-19(8-15-26(27)40-31(38)21-9-11-22(32)12-10-21)18-34-36-30(37)29-28(20-6-4-3-5-7-20)24-17-23(33)13-14-25(24)35-29/h3-18,35H,2H2,1H3,(H,36,37). The largest absolute Gasteiger partial charge is 0.490 e. The highest BCUT2D eigenvalue weighted by Gasteiger charge is 2.19. The van der Waals surface area contributed by atoms with Gasteiger partial charge < -0.3 is 14.5 Å². The number of aromatic amines is 1. The minimum Gasteiger partial charge on any atom is -0.490 e. The first kappa shape index (κ1) is 27.4.